The van der Waals surface area contributed by atoms with Gasteiger partial charge in [0.25, 0.3) is 0 Å². The van der Waals surface area contributed by atoms with Crippen LogP contribution < -0.4 is 0 Å². The number of likely N-dealkylation sites (tertiary alicyclic amines) is 1. The number of hydrogen-bond donors (Lipinski definition) is 0. The summed E-state index contributed by atoms with van der Waals surface area (Å²) in [6.45, 7) is 6.50. The first-order chi connectivity index (χ1) is 6.13. The average molecular weight is 185 g/mol. The third-order valence-corrected chi connectivity index (χ3v) is 2.40. The highest BCUT2D eigenvalue weighted by atomic mass is 16.5. The summed E-state index contributed by atoms with van der Waals surface area (Å²) in [7, 11) is 0. The Morgan fingerprint density at radius 1 is 1.54 bits per heavy atom. The second-order valence-corrected chi connectivity index (χ2v) is 3.09. The van der Waals surface area contributed by atoms with E-state index in [4.69, 9.17) is 4.74 Å². The standard InChI is InChI=1S/C9H15NO3/c1-4-10-6(3)7(8(10)11)9(12)13-5-2/h6-7H,4-5H2,1-3H3/t6-,7-/m1/s1. The largest absolute Gasteiger partial charge is 0.465 e. The smallest absolute Gasteiger partial charge is 0.320 e. The van der Waals surface area contributed by atoms with Crippen LogP contribution in [0, 0.1) is 5.92 Å². The van der Waals surface area contributed by atoms with Crippen LogP contribution >= 0.6 is 0 Å². The Morgan fingerprint density at radius 3 is 2.54 bits per heavy atom. The minimum atomic E-state index is -0.556. The van der Waals surface area contributed by atoms with Gasteiger partial charge in [0.15, 0.2) is 5.92 Å². The van der Waals surface area contributed by atoms with Gasteiger partial charge in [-0.3, -0.25) is 9.59 Å². The summed E-state index contributed by atoms with van der Waals surface area (Å²) in [5.74, 6) is -1.04. The molecule has 0 spiro atoms. The lowest BCUT2D eigenvalue weighted by atomic mass is 9.89. The zero-order valence-corrected chi connectivity index (χ0v) is 8.24. The Hall–Kier alpha value is -1.06. The minimum absolute atomic E-state index is 0.00319. The van der Waals surface area contributed by atoms with Gasteiger partial charge in [0.1, 0.15) is 0 Å². The summed E-state index contributed by atoms with van der Waals surface area (Å²) in [4.78, 5) is 24.3. The van der Waals surface area contributed by atoms with Crippen LogP contribution in [0.15, 0.2) is 0 Å². The second kappa shape index (κ2) is 3.77. The van der Waals surface area contributed by atoms with Gasteiger partial charge in [-0.1, -0.05) is 0 Å². The van der Waals surface area contributed by atoms with Crippen molar-refractivity contribution in [3.05, 3.63) is 0 Å². The highest BCUT2D eigenvalue weighted by molar-refractivity contribution is 6.03. The lowest BCUT2D eigenvalue weighted by molar-refractivity contribution is -0.171. The van der Waals surface area contributed by atoms with E-state index in [1.807, 2.05) is 13.8 Å². The van der Waals surface area contributed by atoms with E-state index in [2.05, 4.69) is 0 Å². The lowest BCUT2D eigenvalue weighted by Gasteiger charge is -2.43. The van der Waals surface area contributed by atoms with E-state index in [1.165, 1.54) is 0 Å². The summed E-state index contributed by atoms with van der Waals surface area (Å²) >= 11 is 0. The third-order valence-electron chi connectivity index (χ3n) is 2.40. The van der Waals surface area contributed by atoms with Gasteiger partial charge in [-0.25, -0.2) is 0 Å². The Kier molecular flexibility index (Phi) is 2.90. The second-order valence-electron chi connectivity index (χ2n) is 3.09. The number of rotatable bonds is 3. The molecule has 1 fully saturated rings. The van der Waals surface area contributed by atoms with Crippen molar-refractivity contribution in [3.63, 3.8) is 0 Å². The molecule has 13 heavy (non-hydrogen) atoms. The van der Waals surface area contributed by atoms with Crippen LogP contribution in [-0.2, 0) is 14.3 Å². The SMILES string of the molecule is CCOC(=O)[C@H]1C(=O)N(CC)[C@@H]1C. The molecule has 4 heteroatoms. The fourth-order valence-electron chi connectivity index (χ4n) is 1.66. The van der Waals surface area contributed by atoms with Gasteiger partial charge in [0.05, 0.1) is 12.6 Å². The number of nitrogens with zero attached hydrogens (tertiary/aromatic N) is 1. The molecular formula is C9H15NO3. The van der Waals surface area contributed by atoms with Crippen LogP contribution in [-0.4, -0.2) is 36.0 Å². The van der Waals surface area contributed by atoms with E-state index >= 15 is 0 Å². The van der Waals surface area contributed by atoms with Crippen LogP contribution in [0.1, 0.15) is 20.8 Å². The van der Waals surface area contributed by atoms with Crippen LogP contribution in [0.5, 0.6) is 0 Å². The predicted molar refractivity (Wildman–Crippen MR) is 47.0 cm³/mol. The molecule has 1 rings (SSSR count). The molecule has 0 aromatic carbocycles. The van der Waals surface area contributed by atoms with Gasteiger partial charge in [0, 0.05) is 6.54 Å². The van der Waals surface area contributed by atoms with Crippen LogP contribution in [0.4, 0.5) is 0 Å². The van der Waals surface area contributed by atoms with Gasteiger partial charge in [0.2, 0.25) is 5.91 Å². The van der Waals surface area contributed by atoms with Crippen molar-refractivity contribution in [1.29, 1.82) is 0 Å². The van der Waals surface area contributed by atoms with Crippen LogP contribution in [0.3, 0.4) is 0 Å². The quantitative estimate of drug-likeness (QED) is 0.363. The third kappa shape index (κ3) is 1.53. The van der Waals surface area contributed by atoms with Crippen molar-refractivity contribution >= 4 is 11.9 Å². The molecule has 1 amide bonds. The van der Waals surface area contributed by atoms with Crippen molar-refractivity contribution < 1.29 is 14.3 Å². The zero-order chi connectivity index (χ0) is 10.0. The first-order valence-corrected chi connectivity index (χ1v) is 4.60. The van der Waals surface area contributed by atoms with E-state index in [-0.39, 0.29) is 17.9 Å². The molecule has 4 nitrogen and oxygen atoms in total. The molecule has 2 atom stereocenters. The van der Waals surface area contributed by atoms with Crippen molar-refractivity contribution in [2.45, 2.75) is 26.8 Å². The predicted octanol–water partition coefficient (Wildman–Crippen LogP) is 0.416. The van der Waals surface area contributed by atoms with E-state index in [1.54, 1.807) is 11.8 Å². The van der Waals surface area contributed by atoms with Crippen molar-refractivity contribution in [2.75, 3.05) is 13.2 Å². The number of amides is 1. The monoisotopic (exact) mass is 185 g/mol. The molecule has 1 aliphatic rings. The number of β-lactam (4-membered cyclic amide) rings is 1. The summed E-state index contributed by atoms with van der Waals surface area (Å²) in [5.41, 5.74) is 0. The Labute approximate surface area is 77.8 Å². The van der Waals surface area contributed by atoms with E-state index in [0.717, 1.165) is 0 Å². The maximum atomic E-state index is 11.3. The van der Waals surface area contributed by atoms with Crippen molar-refractivity contribution in [3.8, 4) is 0 Å². The lowest BCUT2D eigenvalue weighted by Crippen LogP contribution is -2.62. The molecule has 1 aliphatic heterocycles. The number of hydrogen-bond acceptors (Lipinski definition) is 3. The fraction of sp³-hybridized carbons (Fsp3) is 0.778. The summed E-state index contributed by atoms with van der Waals surface area (Å²) in [6, 6.07) is -0.00319. The normalized spacial score (nSPS) is 27.0. The van der Waals surface area contributed by atoms with Gasteiger partial charge in [-0.15, -0.1) is 0 Å². The number of ether oxygens (including phenoxy) is 1. The van der Waals surface area contributed by atoms with Crippen molar-refractivity contribution in [2.24, 2.45) is 5.92 Å². The Balaban J connectivity index is 2.55. The van der Waals surface area contributed by atoms with Crippen molar-refractivity contribution in [1.82, 2.24) is 4.90 Å². The highest BCUT2D eigenvalue weighted by Gasteiger charge is 2.48. The maximum Gasteiger partial charge on any atom is 0.320 e. The van der Waals surface area contributed by atoms with Gasteiger partial charge < -0.3 is 9.64 Å². The molecule has 0 radical (unpaired) electrons. The first kappa shape index (κ1) is 10.0. The number of carbonyl (C=O) groups excluding carboxylic acids is 2. The molecule has 0 aromatic rings. The number of esters is 1. The molecule has 0 N–H and O–H groups in total. The molecule has 1 saturated heterocycles. The van der Waals surface area contributed by atoms with Gasteiger partial charge >= 0.3 is 5.97 Å². The summed E-state index contributed by atoms with van der Waals surface area (Å²) in [6.07, 6.45) is 0. The fourth-order valence-corrected chi connectivity index (χ4v) is 1.66. The number of carbonyl (C=O) groups is 2. The summed E-state index contributed by atoms with van der Waals surface area (Å²) in [5, 5.41) is 0. The molecule has 1 heterocycles. The van der Waals surface area contributed by atoms with E-state index in [9.17, 15) is 9.59 Å². The molecule has 74 valence electrons. The Bertz CT molecular complexity index is 219. The van der Waals surface area contributed by atoms with E-state index < -0.39 is 5.92 Å². The van der Waals surface area contributed by atoms with Gasteiger partial charge in [-0.2, -0.15) is 0 Å². The highest BCUT2D eigenvalue weighted by Crippen LogP contribution is 2.26. The zero-order valence-electron chi connectivity index (χ0n) is 8.24. The molecular weight excluding hydrogens is 170 g/mol. The molecule has 0 unspecified atom stereocenters. The average Bonchev–Trinajstić information content (AvgIpc) is 2.05. The summed E-state index contributed by atoms with van der Waals surface area (Å²) < 4.78 is 4.79. The minimum Gasteiger partial charge on any atom is -0.465 e. The topological polar surface area (TPSA) is 46.6 Å². The maximum absolute atomic E-state index is 11.3. The molecule has 0 bridgehead atoms. The molecule has 0 saturated carbocycles. The van der Waals surface area contributed by atoms with E-state index in [0.29, 0.717) is 13.2 Å². The Morgan fingerprint density at radius 2 is 2.15 bits per heavy atom. The van der Waals surface area contributed by atoms with Crippen LogP contribution in [0.25, 0.3) is 0 Å². The molecule has 0 aliphatic carbocycles. The van der Waals surface area contributed by atoms with Gasteiger partial charge in [-0.05, 0) is 20.8 Å². The van der Waals surface area contributed by atoms with Crippen LogP contribution in [0.2, 0.25) is 0 Å². The first-order valence-electron chi connectivity index (χ1n) is 4.60. The molecule has 0 aromatic heterocycles.